The minimum atomic E-state index is 0.00634. The number of carbonyl (C=O) groups is 1. The standard InChI is InChI=1S/C16H25N3OS/c20-15(18-9-12-5-2-1-3-6-12)14-11-21-16(19-14)13-7-4-8-17-10-13/h11-13,17H,1-10H2,(H,18,20). The van der Waals surface area contributed by atoms with Gasteiger partial charge in [0.05, 0.1) is 5.01 Å². The van der Waals surface area contributed by atoms with Gasteiger partial charge in [-0.25, -0.2) is 4.98 Å². The SMILES string of the molecule is O=C(NCC1CCCCC1)c1csc(C2CCCNC2)n1. The number of hydrogen-bond donors (Lipinski definition) is 2. The molecule has 1 unspecified atom stereocenters. The predicted molar refractivity (Wildman–Crippen MR) is 85.9 cm³/mol. The van der Waals surface area contributed by atoms with Crippen molar-refractivity contribution in [2.45, 2.75) is 50.9 Å². The van der Waals surface area contributed by atoms with E-state index < -0.39 is 0 Å². The zero-order valence-corrected chi connectivity index (χ0v) is 13.4. The van der Waals surface area contributed by atoms with Gasteiger partial charge in [-0.05, 0) is 38.1 Å². The molecule has 1 aliphatic heterocycles. The van der Waals surface area contributed by atoms with E-state index in [1.54, 1.807) is 11.3 Å². The Labute approximate surface area is 130 Å². The van der Waals surface area contributed by atoms with Crippen LogP contribution in [0, 0.1) is 5.92 Å². The molecule has 21 heavy (non-hydrogen) atoms. The van der Waals surface area contributed by atoms with E-state index in [-0.39, 0.29) is 5.91 Å². The maximum absolute atomic E-state index is 12.2. The molecule has 1 atom stereocenters. The largest absolute Gasteiger partial charge is 0.350 e. The number of thiazole rings is 1. The van der Waals surface area contributed by atoms with Gasteiger partial charge in [0.15, 0.2) is 0 Å². The Morgan fingerprint density at radius 3 is 2.90 bits per heavy atom. The highest BCUT2D eigenvalue weighted by atomic mass is 32.1. The second-order valence-electron chi connectivity index (χ2n) is 6.33. The van der Waals surface area contributed by atoms with Crippen LogP contribution in [0.3, 0.4) is 0 Å². The fraction of sp³-hybridized carbons (Fsp3) is 0.750. The minimum absolute atomic E-state index is 0.00634. The number of piperidine rings is 1. The summed E-state index contributed by atoms with van der Waals surface area (Å²) in [5.74, 6) is 1.17. The Balaban J connectivity index is 1.51. The molecule has 2 fully saturated rings. The topological polar surface area (TPSA) is 54.0 Å². The monoisotopic (exact) mass is 307 g/mol. The van der Waals surface area contributed by atoms with E-state index in [0.717, 1.165) is 24.6 Å². The van der Waals surface area contributed by atoms with E-state index in [1.165, 1.54) is 44.9 Å². The molecule has 116 valence electrons. The van der Waals surface area contributed by atoms with E-state index in [0.29, 0.717) is 17.5 Å². The van der Waals surface area contributed by atoms with Gasteiger partial charge in [0.25, 0.3) is 5.91 Å². The summed E-state index contributed by atoms with van der Waals surface area (Å²) < 4.78 is 0. The third-order valence-electron chi connectivity index (χ3n) is 4.68. The molecule has 1 amide bonds. The summed E-state index contributed by atoms with van der Waals surface area (Å²) in [7, 11) is 0. The molecule has 1 aliphatic carbocycles. The summed E-state index contributed by atoms with van der Waals surface area (Å²) >= 11 is 1.63. The fourth-order valence-electron chi connectivity index (χ4n) is 3.36. The second-order valence-corrected chi connectivity index (χ2v) is 7.22. The molecule has 0 radical (unpaired) electrons. The molecule has 1 aromatic rings. The molecule has 3 rings (SSSR count). The maximum Gasteiger partial charge on any atom is 0.270 e. The Morgan fingerprint density at radius 2 is 2.14 bits per heavy atom. The number of rotatable bonds is 4. The molecule has 5 heteroatoms. The van der Waals surface area contributed by atoms with Crippen molar-refractivity contribution in [1.29, 1.82) is 0 Å². The van der Waals surface area contributed by atoms with Crippen LogP contribution in [0.5, 0.6) is 0 Å². The number of nitrogens with one attached hydrogen (secondary N) is 2. The summed E-state index contributed by atoms with van der Waals surface area (Å²) in [6.07, 6.45) is 8.89. The molecule has 2 aliphatic rings. The third kappa shape index (κ3) is 4.04. The fourth-order valence-corrected chi connectivity index (χ4v) is 4.30. The second kappa shape index (κ2) is 7.36. The van der Waals surface area contributed by atoms with Crippen LogP contribution in [0.2, 0.25) is 0 Å². The Bertz CT molecular complexity index is 462. The van der Waals surface area contributed by atoms with Crippen molar-refractivity contribution in [2.75, 3.05) is 19.6 Å². The van der Waals surface area contributed by atoms with Gasteiger partial charge in [0, 0.05) is 24.4 Å². The lowest BCUT2D eigenvalue weighted by Crippen LogP contribution is -2.31. The first-order chi connectivity index (χ1) is 10.3. The Morgan fingerprint density at radius 1 is 1.29 bits per heavy atom. The Hall–Kier alpha value is -0.940. The van der Waals surface area contributed by atoms with E-state index in [4.69, 9.17) is 0 Å². The quantitative estimate of drug-likeness (QED) is 0.899. The van der Waals surface area contributed by atoms with Gasteiger partial charge < -0.3 is 10.6 Å². The maximum atomic E-state index is 12.2. The normalized spacial score (nSPS) is 23.9. The van der Waals surface area contributed by atoms with Gasteiger partial charge in [-0.1, -0.05) is 19.3 Å². The number of carbonyl (C=O) groups excluding carboxylic acids is 1. The van der Waals surface area contributed by atoms with Crippen molar-refractivity contribution < 1.29 is 4.79 Å². The molecule has 0 bridgehead atoms. The van der Waals surface area contributed by atoms with Crippen LogP contribution in [-0.2, 0) is 0 Å². The highest BCUT2D eigenvalue weighted by Crippen LogP contribution is 2.26. The van der Waals surface area contributed by atoms with Crippen molar-refractivity contribution in [2.24, 2.45) is 5.92 Å². The third-order valence-corrected chi connectivity index (χ3v) is 5.68. The van der Waals surface area contributed by atoms with Crippen LogP contribution in [-0.4, -0.2) is 30.5 Å². The van der Waals surface area contributed by atoms with Crippen LogP contribution in [0.25, 0.3) is 0 Å². The van der Waals surface area contributed by atoms with Crippen LogP contribution < -0.4 is 10.6 Å². The molecule has 1 aromatic heterocycles. The van der Waals surface area contributed by atoms with Gasteiger partial charge in [-0.3, -0.25) is 4.79 Å². The lowest BCUT2D eigenvalue weighted by molar-refractivity contribution is 0.0939. The first kappa shape index (κ1) is 15.0. The molecular formula is C16H25N3OS. The van der Waals surface area contributed by atoms with Gasteiger partial charge in [0.2, 0.25) is 0 Å². The predicted octanol–water partition coefficient (Wildman–Crippen LogP) is 2.92. The van der Waals surface area contributed by atoms with Crippen LogP contribution in [0.4, 0.5) is 0 Å². The first-order valence-electron chi connectivity index (χ1n) is 8.27. The van der Waals surface area contributed by atoms with Crippen LogP contribution in [0.1, 0.15) is 66.4 Å². The average molecular weight is 307 g/mol. The highest BCUT2D eigenvalue weighted by Gasteiger charge is 2.21. The molecule has 2 heterocycles. The molecule has 1 saturated heterocycles. The van der Waals surface area contributed by atoms with E-state index >= 15 is 0 Å². The molecular weight excluding hydrogens is 282 g/mol. The zero-order valence-electron chi connectivity index (χ0n) is 12.6. The Kier molecular flexibility index (Phi) is 5.25. The summed E-state index contributed by atoms with van der Waals surface area (Å²) in [4.78, 5) is 16.8. The first-order valence-corrected chi connectivity index (χ1v) is 9.15. The molecule has 0 spiro atoms. The summed E-state index contributed by atoms with van der Waals surface area (Å²) in [6.45, 7) is 2.92. The molecule has 0 aromatic carbocycles. The van der Waals surface area contributed by atoms with Crippen molar-refractivity contribution in [3.05, 3.63) is 16.1 Å². The van der Waals surface area contributed by atoms with Gasteiger partial charge >= 0.3 is 0 Å². The van der Waals surface area contributed by atoms with Gasteiger partial charge in [-0.15, -0.1) is 11.3 Å². The number of aromatic nitrogens is 1. The average Bonchev–Trinajstić information content (AvgIpc) is 3.04. The van der Waals surface area contributed by atoms with Crippen LogP contribution in [0.15, 0.2) is 5.38 Å². The molecule has 2 N–H and O–H groups in total. The zero-order chi connectivity index (χ0) is 14.5. The molecule has 4 nitrogen and oxygen atoms in total. The number of nitrogens with zero attached hydrogens (tertiary/aromatic N) is 1. The van der Waals surface area contributed by atoms with E-state index in [9.17, 15) is 4.79 Å². The van der Waals surface area contributed by atoms with Gasteiger partial charge in [-0.2, -0.15) is 0 Å². The van der Waals surface area contributed by atoms with Crippen molar-refractivity contribution >= 4 is 17.2 Å². The lowest BCUT2D eigenvalue weighted by Gasteiger charge is -2.21. The highest BCUT2D eigenvalue weighted by molar-refractivity contribution is 7.09. The van der Waals surface area contributed by atoms with E-state index in [2.05, 4.69) is 15.6 Å². The lowest BCUT2D eigenvalue weighted by atomic mass is 9.89. The summed E-state index contributed by atoms with van der Waals surface area (Å²) in [5, 5.41) is 9.51. The van der Waals surface area contributed by atoms with Crippen molar-refractivity contribution in [1.82, 2.24) is 15.6 Å². The molecule has 1 saturated carbocycles. The summed E-state index contributed by atoms with van der Waals surface area (Å²) in [5.41, 5.74) is 0.608. The summed E-state index contributed by atoms with van der Waals surface area (Å²) in [6, 6.07) is 0. The minimum Gasteiger partial charge on any atom is -0.350 e. The van der Waals surface area contributed by atoms with E-state index in [1.807, 2.05) is 5.38 Å². The van der Waals surface area contributed by atoms with Crippen LogP contribution >= 0.6 is 11.3 Å². The smallest absolute Gasteiger partial charge is 0.270 e. The van der Waals surface area contributed by atoms with Gasteiger partial charge in [0.1, 0.15) is 5.69 Å². The number of amides is 1. The number of hydrogen-bond acceptors (Lipinski definition) is 4. The van der Waals surface area contributed by atoms with Crippen molar-refractivity contribution in [3.8, 4) is 0 Å². The van der Waals surface area contributed by atoms with Crippen molar-refractivity contribution in [3.63, 3.8) is 0 Å².